The molecule has 1 saturated carbocycles. The molecule has 2 aliphatic carbocycles. The molecule has 6 rings (SSSR count). The van der Waals surface area contributed by atoms with E-state index in [0.29, 0.717) is 40.7 Å². The second-order valence-electron chi connectivity index (χ2n) is 9.69. The van der Waals surface area contributed by atoms with Crippen LogP contribution in [0, 0.1) is 19.3 Å². The first-order valence-corrected chi connectivity index (χ1v) is 11.7. The van der Waals surface area contributed by atoms with E-state index in [2.05, 4.69) is 33.3 Å². The molecule has 1 spiro atoms. The van der Waals surface area contributed by atoms with Gasteiger partial charge in [0.25, 0.3) is 11.5 Å². The van der Waals surface area contributed by atoms with Crippen LogP contribution < -0.4 is 10.3 Å². The van der Waals surface area contributed by atoms with E-state index < -0.39 is 5.54 Å². The zero-order valence-electron chi connectivity index (χ0n) is 19.6. The monoisotopic (exact) mass is 479 g/mol. The van der Waals surface area contributed by atoms with Crippen molar-refractivity contribution < 1.29 is 9.53 Å². The van der Waals surface area contributed by atoms with E-state index in [1.807, 2.05) is 24.9 Å². The Balaban J connectivity index is 1.48. The first-order chi connectivity index (χ1) is 16.2. The predicted octanol–water partition coefficient (Wildman–Crippen LogP) is 2.62. The molecule has 176 valence electrons. The van der Waals surface area contributed by atoms with Crippen molar-refractivity contribution in [2.24, 2.45) is 12.5 Å². The summed E-state index contributed by atoms with van der Waals surface area (Å²) in [6.07, 6.45) is 9.15. The smallest absolute Gasteiger partial charge is 0.256 e. The Kier molecular flexibility index (Phi) is 4.31. The van der Waals surface area contributed by atoms with Gasteiger partial charge < -0.3 is 19.5 Å². The Morgan fingerprint density at radius 2 is 2.06 bits per heavy atom. The van der Waals surface area contributed by atoms with Gasteiger partial charge in [0.05, 0.1) is 47.3 Å². The van der Waals surface area contributed by atoms with Crippen LogP contribution in [0.1, 0.15) is 28.9 Å². The van der Waals surface area contributed by atoms with Crippen LogP contribution in [0.25, 0.3) is 5.57 Å². The summed E-state index contributed by atoms with van der Waals surface area (Å²) < 4.78 is 7.28. The number of halogens is 1. The Morgan fingerprint density at radius 1 is 1.26 bits per heavy atom. The van der Waals surface area contributed by atoms with Crippen molar-refractivity contribution in [3.63, 3.8) is 0 Å². The van der Waals surface area contributed by atoms with Gasteiger partial charge in [0.1, 0.15) is 5.75 Å². The Labute approximate surface area is 202 Å². The Morgan fingerprint density at radius 3 is 2.76 bits per heavy atom. The fourth-order valence-electron chi connectivity index (χ4n) is 6.11. The van der Waals surface area contributed by atoms with E-state index in [1.54, 1.807) is 17.9 Å². The van der Waals surface area contributed by atoms with Gasteiger partial charge in [-0.15, -0.1) is 0 Å². The van der Waals surface area contributed by atoms with Crippen LogP contribution in [0.4, 0.5) is 0 Å². The lowest BCUT2D eigenvalue weighted by Crippen LogP contribution is -2.40. The van der Waals surface area contributed by atoms with Crippen LogP contribution in [-0.4, -0.2) is 56.2 Å². The molecule has 1 amide bonds. The maximum atomic E-state index is 14.1. The van der Waals surface area contributed by atoms with E-state index in [-0.39, 0.29) is 23.4 Å². The van der Waals surface area contributed by atoms with Gasteiger partial charge in [-0.25, -0.2) is 0 Å². The minimum Gasteiger partial charge on any atom is -0.496 e. The number of hydrogen-bond acceptors (Lipinski definition) is 5. The molecule has 1 N–H and O–H groups in total. The fraction of sp³-hybridized carbons (Fsp3) is 0.400. The van der Waals surface area contributed by atoms with Gasteiger partial charge in [-0.3, -0.25) is 14.3 Å². The summed E-state index contributed by atoms with van der Waals surface area (Å²) in [6, 6.07) is 1.78. The van der Waals surface area contributed by atoms with Gasteiger partial charge in [-0.05, 0) is 38.1 Å². The lowest BCUT2D eigenvalue weighted by atomic mass is 9.84. The molecule has 0 radical (unpaired) electrons. The molecule has 2 aromatic heterocycles. The minimum atomic E-state index is -0.449. The first kappa shape index (κ1) is 21.3. The third-order valence-corrected chi connectivity index (χ3v) is 8.19. The number of allylic oxidation sites excluding steroid dienone is 2. The van der Waals surface area contributed by atoms with Crippen LogP contribution in [0.5, 0.6) is 5.75 Å². The summed E-state index contributed by atoms with van der Waals surface area (Å²) in [5, 5.41) is 4.86. The van der Waals surface area contributed by atoms with E-state index in [4.69, 9.17) is 16.3 Å². The van der Waals surface area contributed by atoms with Crippen molar-refractivity contribution in [1.29, 1.82) is 0 Å². The van der Waals surface area contributed by atoms with Crippen molar-refractivity contribution in [3.05, 3.63) is 74.1 Å². The van der Waals surface area contributed by atoms with Crippen LogP contribution in [0.15, 0.2) is 46.0 Å². The number of aryl methyl sites for hydroxylation is 3. The Hall–Kier alpha value is -3.26. The summed E-state index contributed by atoms with van der Waals surface area (Å²) in [4.78, 5) is 33.7. The zero-order valence-corrected chi connectivity index (χ0v) is 20.4. The highest BCUT2D eigenvalue weighted by Gasteiger charge is 2.76. The van der Waals surface area contributed by atoms with Crippen LogP contribution in [0.3, 0.4) is 0 Å². The van der Waals surface area contributed by atoms with Crippen molar-refractivity contribution in [3.8, 4) is 5.75 Å². The summed E-state index contributed by atoms with van der Waals surface area (Å²) in [7, 11) is 3.42. The molecular formula is C25H26ClN5O3. The number of ether oxygens (including phenoxy) is 1. The highest BCUT2D eigenvalue weighted by atomic mass is 35.5. The van der Waals surface area contributed by atoms with E-state index >= 15 is 0 Å². The van der Waals surface area contributed by atoms with Crippen molar-refractivity contribution in [2.75, 3.05) is 20.2 Å². The molecule has 2 aromatic rings. The molecule has 2 fully saturated rings. The molecule has 2 aliphatic heterocycles. The number of pyridine rings is 1. The second kappa shape index (κ2) is 6.88. The van der Waals surface area contributed by atoms with Crippen molar-refractivity contribution in [1.82, 2.24) is 24.6 Å². The van der Waals surface area contributed by atoms with E-state index in [1.165, 1.54) is 7.11 Å². The van der Waals surface area contributed by atoms with Crippen molar-refractivity contribution >= 4 is 23.1 Å². The molecule has 9 heteroatoms. The number of aromatic nitrogens is 3. The van der Waals surface area contributed by atoms with E-state index in [0.717, 1.165) is 23.3 Å². The third-order valence-electron chi connectivity index (χ3n) is 7.79. The van der Waals surface area contributed by atoms with Gasteiger partial charge in [0.2, 0.25) is 0 Å². The number of methoxy groups -OCH3 is 1. The molecule has 0 aromatic carbocycles. The third kappa shape index (κ3) is 2.57. The van der Waals surface area contributed by atoms with Gasteiger partial charge in [-0.2, -0.15) is 5.10 Å². The highest BCUT2D eigenvalue weighted by Crippen LogP contribution is 2.73. The molecule has 4 heterocycles. The molecule has 8 nitrogen and oxygen atoms in total. The quantitative estimate of drug-likeness (QED) is 0.728. The summed E-state index contributed by atoms with van der Waals surface area (Å²) >= 11 is 7.08. The van der Waals surface area contributed by atoms with Crippen LogP contribution >= 0.6 is 11.6 Å². The highest BCUT2D eigenvalue weighted by molar-refractivity contribution is 6.40. The number of H-pyrrole nitrogens is 1. The molecule has 2 atom stereocenters. The normalized spacial score (nSPS) is 27.0. The molecular weight excluding hydrogens is 454 g/mol. The zero-order chi connectivity index (χ0) is 24.0. The van der Waals surface area contributed by atoms with E-state index in [9.17, 15) is 9.59 Å². The lowest BCUT2D eigenvalue weighted by molar-refractivity contribution is -0.127. The number of aromatic amines is 1. The molecule has 1 saturated heterocycles. The van der Waals surface area contributed by atoms with Gasteiger partial charge in [0, 0.05) is 36.8 Å². The average Bonchev–Trinajstić information content (AvgIpc) is 3.24. The summed E-state index contributed by atoms with van der Waals surface area (Å²) in [5.74, 6) is 0.345. The fourth-order valence-corrected chi connectivity index (χ4v) is 6.49. The number of carbonyl (C=O) groups is 1. The second-order valence-corrected chi connectivity index (χ2v) is 10.1. The molecule has 2 unspecified atom stereocenters. The lowest BCUT2D eigenvalue weighted by Gasteiger charge is -2.32. The van der Waals surface area contributed by atoms with Gasteiger partial charge in [0.15, 0.2) is 0 Å². The minimum absolute atomic E-state index is 0.134. The SMILES string of the molecule is COc1cc(C)[nH]c(=O)c1CN1CCN2C=CC34C=C(c5c(C)cnn5C)C(Cl)=C(C1=O)C23C4. The molecule has 34 heavy (non-hydrogen) atoms. The maximum absolute atomic E-state index is 14.1. The van der Waals surface area contributed by atoms with Crippen LogP contribution in [0.2, 0.25) is 0 Å². The standard InChI is InChI=1S/C25H26ClN5O3/c1-14-11-27-29(3)21(14)16-10-24-5-6-31-8-7-30(23(33)19(20(16)26)25(24,31)13-24)12-17-18(34-4)9-15(2)28-22(17)32/h5-6,9-11H,7-8,12-13H2,1-4H3,(H,28,32). The number of nitrogens with zero attached hydrogens (tertiary/aromatic N) is 4. The Bertz CT molecular complexity index is 1400. The van der Waals surface area contributed by atoms with Gasteiger partial charge >= 0.3 is 0 Å². The number of nitrogens with one attached hydrogen (secondary N) is 1. The van der Waals surface area contributed by atoms with Crippen molar-refractivity contribution in [2.45, 2.75) is 32.4 Å². The topological polar surface area (TPSA) is 83.5 Å². The first-order valence-electron chi connectivity index (χ1n) is 11.4. The number of amides is 1. The number of carbonyl (C=O) groups excluding carboxylic acids is 1. The maximum Gasteiger partial charge on any atom is 0.256 e. The number of rotatable bonds is 4. The predicted molar refractivity (Wildman–Crippen MR) is 128 cm³/mol. The molecule has 0 bridgehead atoms. The largest absolute Gasteiger partial charge is 0.496 e. The number of hydrogen-bond donors (Lipinski definition) is 1. The van der Waals surface area contributed by atoms with Crippen LogP contribution in [-0.2, 0) is 18.4 Å². The van der Waals surface area contributed by atoms with Gasteiger partial charge in [-0.1, -0.05) is 23.8 Å². The molecule has 4 aliphatic rings. The summed E-state index contributed by atoms with van der Waals surface area (Å²) in [6.45, 7) is 5.09. The average molecular weight is 480 g/mol. The summed E-state index contributed by atoms with van der Waals surface area (Å²) in [5.41, 5.74) is 3.57.